The number of aliphatic hydroxyl groups excluding tert-OH is 1. The van der Waals surface area contributed by atoms with Crippen LogP contribution >= 0.6 is 19.5 Å². The molecule has 1 saturated carbocycles. The summed E-state index contributed by atoms with van der Waals surface area (Å²) in [5, 5.41) is 13.6. The number of fused-ring (bicyclic) bond motifs is 1. The van der Waals surface area contributed by atoms with Gasteiger partial charge in [0.15, 0.2) is 5.85 Å². The van der Waals surface area contributed by atoms with Gasteiger partial charge in [-0.2, -0.15) is 0 Å². The maximum atomic E-state index is 13.9. The number of carbonyl (C=O) groups is 3. The lowest BCUT2D eigenvalue weighted by atomic mass is 9.86. The molecule has 3 rings (SSSR count). The molecule has 0 aromatic heterocycles. The topological polar surface area (TPSA) is 153 Å². The summed E-state index contributed by atoms with van der Waals surface area (Å²) in [6.07, 6.45) is 9.04. The second-order valence-corrected chi connectivity index (χ2v) is 15.5. The molecular formula is C34H56N3O9PS. The quantitative estimate of drug-likeness (QED) is 0.0771. The minimum Gasteiger partial charge on any atom is -0.491 e. The maximum absolute atomic E-state index is 13.9. The smallest absolute Gasteiger partial charge is 0.417 e. The number of nitrogens with zero attached hydrogens (tertiary/aromatic N) is 1. The van der Waals surface area contributed by atoms with E-state index in [-0.39, 0.29) is 32.0 Å². The lowest BCUT2D eigenvalue weighted by Gasteiger charge is -2.32. The van der Waals surface area contributed by atoms with E-state index in [9.17, 15) is 24.1 Å². The van der Waals surface area contributed by atoms with Crippen molar-refractivity contribution >= 4 is 37.5 Å². The Bertz CT molecular complexity index is 1180. The lowest BCUT2D eigenvalue weighted by molar-refractivity contribution is -0.132. The van der Waals surface area contributed by atoms with E-state index in [0.717, 1.165) is 81.0 Å². The molecule has 14 heteroatoms. The van der Waals surface area contributed by atoms with Crippen LogP contribution in [0.3, 0.4) is 0 Å². The summed E-state index contributed by atoms with van der Waals surface area (Å²) in [6, 6.07) is 6.43. The van der Waals surface area contributed by atoms with Crippen LogP contribution in [-0.4, -0.2) is 78.0 Å². The first kappa shape index (κ1) is 40.1. The van der Waals surface area contributed by atoms with E-state index in [4.69, 9.17) is 18.5 Å². The van der Waals surface area contributed by atoms with E-state index in [1.165, 1.54) is 0 Å². The first-order valence-electron chi connectivity index (χ1n) is 17.6. The standard InChI is InChI=1S/C34H56N3O9PS/c1-4-7-8-14-22-44-34(41)36-48-30(24-26-15-10-9-11-16-26)32(39)35-28(33(40)47(42,45-5-2)46-6-3)19-20-31(38)37-21-23-43-29-18-13-12-17-27(29)25-37/h12-13,17-18,26,28,30,33,40H,4-11,14-16,19-25H2,1-3H3,(H,35,39)(H,36,41)/t28-,30-,33?/m0/s1. The van der Waals surface area contributed by atoms with Crippen molar-refractivity contribution in [3.05, 3.63) is 29.8 Å². The molecule has 0 bridgehead atoms. The predicted octanol–water partition coefficient (Wildman–Crippen LogP) is 6.55. The number of hydrogen-bond acceptors (Lipinski definition) is 10. The minimum absolute atomic E-state index is 0.0110. The van der Waals surface area contributed by atoms with Gasteiger partial charge in [0.2, 0.25) is 11.8 Å². The molecule has 1 aliphatic heterocycles. The van der Waals surface area contributed by atoms with Gasteiger partial charge in [-0.1, -0.05) is 76.5 Å². The van der Waals surface area contributed by atoms with Gasteiger partial charge in [0.25, 0.3) is 0 Å². The molecule has 1 aliphatic carbocycles. The summed E-state index contributed by atoms with van der Waals surface area (Å²) in [5.74, 6) is -1.32. The molecule has 1 heterocycles. The third kappa shape index (κ3) is 13.2. The summed E-state index contributed by atoms with van der Waals surface area (Å²) in [4.78, 5) is 41.6. The van der Waals surface area contributed by atoms with Crippen molar-refractivity contribution in [2.24, 2.45) is 5.92 Å². The Labute approximate surface area is 290 Å². The van der Waals surface area contributed by atoms with Gasteiger partial charge in [-0.05, 0) is 57.0 Å². The van der Waals surface area contributed by atoms with E-state index in [1.807, 2.05) is 24.3 Å². The molecule has 3 amide bonds. The maximum Gasteiger partial charge on any atom is 0.417 e. The second kappa shape index (κ2) is 21.7. The van der Waals surface area contributed by atoms with Gasteiger partial charge in [0, 0.05) is 18.5 Å². The number of hydrogen-bond donors (Lipinski definition) is 3. The molecule has 1 aromatic rings. The van der Waals surface area contributed by atoms with Crippen molar-refractivity contribution < 1.29 is 42.6 Å². The molecule has 0 saturated heterocycles. The average molecular weight is 714 g/mol. The van der Waals surface area contributed by atoms with Crippen molar-refractivity contribution in [1.29, 1.82) is 0 Å². The van der Waals surface area contributed by atoms with Crippen LogP contribution < -0.4 is 14.8 Å². The third-order valence-electron chi connectivity index (χ3n) is 8.68. The van der Waals surface area contributed by atoms with Crippen LogP contribution in [0.5, 0.6) is 5.75 Å². The summed E-state index contributed by atoms with van der Waals surface area (Å²) in [6.45, 7) is 6.81. The number of nitrogens with one attached hydrogen (secondary N) is 2. The normalized spacial score (nSPS) is 17.3. The van der Waals surface area contributed by atoms with Crippen molar-refractivity contribution in [3.63, 3.8) is 0 Å². The highest BCUT2D eigenvalue weighted by Gasteiger charge is 2.42. The summed E-state index contributed by atoms with van der Waals surface area (Å²) in [7, 11) is -4.08. The zero-order chi connectivity index (χ0) is 34.8. The first-order valence-corrected chi connectivity index (χ1v) is 20.1. The molecule has 0 radical (unpaired) electrons. The Hall–Kier alpha value is -2.31. The summed E-state index contributed by atoms with van der Waals surface area (Å²) in [5.41, 5.74) is 0.889. The number of ether oxygens (including phenoxy) is 2. The molecule has 272 valence electrons. The van der Waals surface area contributed by atoms with Crippen molar-refractivity contribution in [3.8, 4) is 5.75 Å². The Morgan fingerprint density at radius 3 is 2.50 bits per heavy atom. The molecule has 1 unspecified atom stereocenters. The van der Waals surface area contributed by atoms with Gasteiger partial charge in [-0.25, -0.2) is 4.79 Å². The van der Waals surface area contributed by atoms with E-state index >= 15 is 0 Å². The van der Waals surface area contributed by atoms with Crippen LogP contribution in [0.4, 0.5) is 4.79 Å². The Morgan fingerprint density at radius 2 is 1.79 bits per heavy atom. The lowest BCUT2D eigenvalue weighted by Crippen LogP contribution is -2.48. The van der Waals surface area contributed by atoms with Gasteiger partial charge in [0.05, 0.1) is 32.4 Å². The molecule has 48 heavy (non-hydrogen) atoms. The molecule has 0 spiro atoms. The number of amides is 3. The van der Waals surface area contributed by atoms with E-state index in [1.54, 1.807) is 18.7 Å². The average Bonchev–Trinajstić information content (AvgIpc) is 3.31. The molecule has 3 N–H and O–H groups in total. The zero-order valence-electron chi connectivity index (χ0n) is 28.9. The van der Waals surface area contributed by atoms with Crippen LogP contribution in [0.1, 0.15) is 103 Å². The van der Waals surface area contributed by atoms with Crippen LogP contribution in [0.25, 0.3) is 0 Å². The predicted molar refractivity (Wildman–Crippen MR) is 187 cm³/mol. The Kier molecular flexibility index (Phi) is 18.1. The SMILES string of the molecule is CCCCCCOC(=O)NS[C@@H](CC1CCCCC1)C(=O)N[C@@H](CCC(=O)N1CCOc2ccccc2C1)C(O)P(=O)(OCC)OCC. The Balaban J connectivity index is 1.74. The first-order chi connectivity index (χ1) is 23.2. The van der Waals surface area contributed by atoms with Crippen LogP contribution in [0.15, 0.2) is 24.3 Å². The number of rotatable bonds is 20. The van der Waals surface area contributed by atoms with E-state index in [0.29, 0.717) is 38.6 Å². The number of para-hydroxylation sites is 1. The van der Waals surface area contributed by atoms with Gasteiger partial charge in [0.1, 0.15) is 17.6 Å². The van der Waals surface area contributed by atoms with Crippen molar-refractivity contribution in [2.75, 3.05) is 33.0 Å². The van der Waals surface area contributed by atoms with Gasteiger partial charge >= 0.3 is 13.7 Å². The van der Waals surface area contributed by atoms with Crippen LogP contribution in [0.2, 0.25) is 0 Å². The van der Waals surface area contributed by atoms with Gasteiger partial charge < -0.3 is 33.8 Å². The summed E-state index contributed by atoms with van der Waals surface area (Å²) >= 11 is 0.986. The molecular weight excluding hydrogens is 657 g/mol. The summed E-state index contributed by atoms with van der Waals surface area (Å²) < 4.78 is 38.4. The van der Waals surface area contributed by atoms with E-state index in [2.05, 4.69) is 17.0 Å². The fraction of sp³-hybridized carbons (Fsp3) is 0.735. The fourth-order valence-corrected chi connectivity index (χ4v) is 8.70. The highest BCUT2D eigenvalue weighted by atomic mass is 32.2. The zero-order valence-corrected chi connectivity index (χ0v) is 30.6. The van der Waals surface area contributed by atoms with Crippen molar-refractivity contribution in [1.82, 2.24) is 14.9 Å². The molecule has 3 atom stereocenters. The molecule has 1 fully saturated rings. The molecule has 12 nitrogen and oxygen atoms in total. The van der Waals surface area contributed by atoms with Crippen LogP contribution in [-0.2, 0) is 34.5 Å². The monoisotopic (exact) mass is 713 g/mol. The highest BCUT2D eigenvalue weighted by molar-refractivity contribution is 7.99. The highest BCUT2D eigenvalue weighted by Crippen LogP contribution is 2.53. The minimum atomic E-state index is -4.08. The second-order valence-electron chi connectivity index (χ2n) is 12.4. The van der Waals surface area contributed by atoms with Gasteiger partial charge in [-0.15, -0.1) is 0 Å². The number of carbonyl (C=O) groups excluding carboxylic acids is 3. The largest absolute Gasteiger partial charge is 0.491 e. The number of unbranched alkanes of at least 4 members (excludes halogenated alkanes) is 3. The molecule has 1 aromatic carbocycles. The number of aliphatic hydroxyl groups is 1. The fourth-order valence-electron chi connectivity index (χ4n) is 6.09. The molecule has 2 aliphatic rings. The Morgan fingerprint density at radius 1 is 1.06 bits per heavy atom. The number of benzene rings is 1. The van der Waals surface area contributed by atoms with Crippen molar-refractivity contribution in [2.45, 2.75) is 122 Å². The van der Waals surface area contributed by atoms with E-state index < -0.39 is 36.7 Å². The van der Waals surface area contributed by atoms with Crippen LogP contribution in [0, 0.1) is 5.92 Å². The van der Waals surface area contributed by atoms with Gasteiger partial charge in [-0.3, -0.25) is 18.9 Å². The third-order valence-corrected chi connectivity index (χ3v) is 11.9.